The molecule has 0 saturated heterocycles. The van der Waals surface area contributed by atoms with Gasteiger partial charge in [-0.1, -0.05) is 245 Å². The third-order valence-electron chi connectivity index (χ3n) is 12.0. The number of esters is 3. The molecule has 1 atom stereocenters. The van der Waals surface area contributed by atoms with Crippen LogP contribution in [0.5, 0.6) is 0 Å². The predicted molar refractivity (Wildman–Crippen MR) is 256 cm³/mol. The van der Waals surface area contributed by atoms with Crippen molar-refractivity contribution in [2.45, 2.75) is 303 Å². The lowest BCUT2D eigenvalue weighted by Crippen LogP contribution is -2.30. The standard InChI is InChI=1S/C54H102O6/c1-4-7-10-13-16-18-20-22-24-26-28-29-31-33-35-38-41-44-47-53(56)59-50-51(49-58-52(55)46-43-40-37-15-12-9-6-3)60-54(57)48-45-42-39-36-34-32-30-27-25-23-21-19-17-14-11-8-5-2/h24,26,51H,4-23,25,27-50H2,1-3H3/b26-24-. The zero-order valence-corrected chi connectivity index (χ0v) is 40.5. The van der Waals surface area contributed by atoms with E-state index in [9.17, 15) is 14.4 Å². The largest absolute Gasteiger partial charge is 0.462 e. The quantitative estimate of drug-likeness (QED) is 0.0263. The van der Waals surface area contributed by atoms with Gasteiger partial charge in [0.05, 0.1) is 0 Å². The van der Waals surface area contributed by atoms with Gasteiger partial charge in [-0.15, -0.1) is 0 Å². The lowest BCUT2D eigenvalue weighted by atomic mass is 10.0. The highest BCUT2D eigenvalue weighted by Crippen LogP contribution is 2.16. The molecule has 0 heterocycles. The maximum Gasteiger partial charge on any atom is 0.306 e. The van der Waals surface area contributed by atoms with Crippen molar-refractivity contribution in [2.24, 2.45) is 0 Å². The Hall–Kier alpha value is -1.85. The zero-order chi connectivity index (χ0) is 43.7. The van der Waals surface area contributed by atoms with Gasteiger partial charge in [-0.3, -0.25) is 14.4 Å². The second kappa shape index (κ2) is 49.8. The average molecular weight is 847 g/mol. The van der Waals surface area contributed by atoms with E-state index in [2.05, 4.69) is 32.9 Å². The molecule has 0 fully saturated rings. The van der Waals surface area contributed by atoms with Crippen LogP contribution in [0, 0.1) is 0 Å². The summed E-state index contributed by atoms with van der Waals surface area (Å²) in [5.74, 6) is -0.860. The fraction of sp³-hybridized carbons (Fsp3) is 0.907. The smallest absolute Gasteiger partial charge is 0.306 e. The highest BCUT2D eigenvalue weighted by Gasteiger charge is 2.19. The molecule has 0 aromatic rings. The van der Waals surface area contributed by atoms with Crippen LogP contribution < -0.4 is 0 Å². The van der Waals surface area contributed by atoms with E-state index in [1.807, 2.05) is 0 Å². The van der Waals surface area contributed by atoms with Gasteiger partial charge in [0.1, 0.15) is 13.2 Å². The normalized spacial score (nSPS) is 12.0. The molecule has 60 heavy (non-hydrogen) atoms. The van der Waals surface area contributed by atoms with Gasteiger partial charge >= 0.3 is 17.9 Å². The third kappa shape index (κ3) is 47.2. The molecular formula is C54H102O6. The van der Waals surface area contributed by atoms with E-state index in [0.717, 1.165) is 57.8 Å². The number of unbranched alkanes of at least 4 members (excludes halogenated alkanes) is 36. The Morgan fingerprint density at radius 2 is 0.550 bits per heavy atom. The molecule has 0 amide bonds. The molecule has 6 heteroatoms. The second-order valence-corrected chi connectivity index (χ2v) is 18.2. The monoisotopic (exact) mass is 847 g/mol. The van der Waals surface area contributed by atoms with E-state index in [-0.39, 0.29) is 31.1 Å². The molecule has 0 N–H and O–H groups in total. The van der Waals surface area contributed by atoms with Crippen molar-refractivity contribution >= 4 is 17.9 Å². The minimum absolute atomic E-state index is 0.0671. The van der Waals surface area contributed by atoms with Gasteiger partial charge in [0.25, 0.3) is 0 Å². The van der Waals surface area contributed by atoms with E-state index in [1.54, 1.807) is 0 Å². The van der Waals surface area contributed by atoms with Crippen molar-refractivity contribution in [1.29, 1.82) is 0 Å². The summed E-state index contributed by atoms with van der Waals surface area (Å²) in [4.78, 5) is 37.8. The number of carbonyl (C=O) groups excluding carboxylic acids is 3. The molecule has 0 aromatic carbocycles. The molecule has 0 spiro atoms. The first-order valence-corrected chi connectivity index (χ1v) is 26.7. The molecule has 0 aliphatic heterocycles. The van der Waals surface area contributed by atoms with E-state index >= 15 is 0 Å². The van der Waals surface area contributed by atoms with Crippen molar-refractivity contribution < 1.29 is 28.6 Å². The molecule has 0 aliphatic rings. The molecule has 354 valence electrons. The number of carbonyl (C=O) groups is 3. The van der Waals surface area contributed by atoms with Gasteiger partial charge in [0, 0.05) is 19.3 Å². The van der Waals surface area contributed by atoms with Gasteiger partial charge in [0.2, 0.25) is 0 Å². The van der Waals surface area contributed by atoms with Gasteiger partial charge < -0.3 is 14.2 Å². The van der Waals surface area contributed by atoms with Crippen LogP contribution in [0.4, 0.5) is 0 Å². The molecule has 6 nitrogen and oxygen atoms in total. The summed E-state index contributed by atoms with van der Waals surface area (Å²) in [6.07, 6.45) is 55.0. The van der Waals surface area contributed by atoms with Crippen molar-refractivity contribution in [3.05, 3.63) is 12.2 Å². The summed E-state index contributed by atoms with van der Waals surface area (Å²) in [6, 6.07) is 0. The molecule has 1 unspecified atom stereocenters. The Kier molecular flexibility index (Phi) is 48.3. The lowest BCUT2D eigenvalue weighted by Gasteiger charge is -2.18. The van der Waals surface area contributed by atoms with Gasteiger partial charge in [0.15, 0.2) is 6.10 Å². The molecule has 0 saturated carbocycles. The maximum atomic E-state index is 12.8. The minimum atomic E-state index is -0.764. The summed E-state index contributed by atoms with van der Waals surface area (Å²) in [6.45, 7) is 6.63. The van der Waals surface area contributed by atoms with Gasteiger partial charge in [-0.05, 0) is 44.9 Å². The number of ether oxygens (including phenoxy) is 3. The summed E-state index contributed by atoms with van der Waals surface area (Å²) in [5, 5.41) is 0. The highest BCUT2D eigenvalue weighted by atomic mass is 16.6. The SMILES string of the molecule is CCCCCCCCC/C=C\CCCCCCCCCC(=O)OCC(COC(=O)CCCCCCCCC)OC(=O)CCCCCCCCCCCCCCCCCCC. The van der Waals surface area contributed by atoms with E-state index in [1.165, 1.54) is 199 Å². The van der Waals surface area contributed by atoms with Gasteiger partial charge in [-0.2, -0.15) is 0 Å². The highest BCUT2D eigenvalue weighted by molar-refractivity contribution is 5.71. The summed E-state index contributed by atoms with van der Waals surface area (Å²) in [5.41, 5.74) is 0. The van der Waals surface area contributed by atoms with Crippen LogP contribution in [0.3, 0.4) is 0 Å². The number of rotatable bonds is 49. The Morgan fingerprint density at radius 1 is 0.317 bits per heavy atom. The number of hydrogen-bond acceptors (Lipinski definition) is 6. The van der Waals surface area contributed by atoms with Crippen LogP contribution >= 0.6 is 0 Å². The van der Waals surface area contributed by atoms with E-state index < -0.39 is 6.10 Å². The van der Waals surface area contributed by atoms with Gasteiger partial charge in [-0.25, -0.2) is 0 Å². The van der Waals surface area contributed by atoms with Crippen molar-refractivity contribution in [3.63, 3.8) is 0 Å². The van der Waals surface area contributed by atoms with Crippen molar-refractivity contribution in [2.75, 3.05) is 13.2 Å². The number of hydrogen-bond donors (Lipinski definition) is 0. The van der Waals surface area contributed by atoms with Crippen LogP contribution in [-0.4, -0.2) is 37.2 Å². The van der Waals surface area contributed by atoms with Crippen molar-refractivity contribution in [3.8, 4) is 0 Å². The predicted octanol–water partition coefficient (Wildman–Crippen LogP) is 17.4. The molecule has 0 aliphatic carbocycles. The van der Waals surface area contributed by atoms with E-state index in [4.69, 9.17) is 14.2 Å². The average Bonchev–Trinajstić information content (AvgIpc) is 3.24. The van der Waals surface area contributed by atoms with Crippen LogP contribution in [0.1, 0.15) is 297 Å². The maximum absolute atomic E-state index is 12.8. The number of allylic oxidation sites excluding steroid dienone is 2. The lowest BCUT2D eigenvalue weighted by molar-refractivity contribution is -0.167. The van der Waals surface area contributed by atoms with Crippen LogP contribution in [0.15, 0.2) is 12.2 Å². The topological polar surface area (TPSA) is 78.9 Å². The summed E-state index contributed by atoms with van der Waals surface area (Å²) in [7, 11) is 0. The molecule has 0 bridgehead atoms. The molecule has 0 radical (unpaired) electrons. The second-order valence-electron chi connectivity index (χ2n) is 18.2. The molecule has 0 rings (SSSR count). The fourth-order valence-electron chi connectivity index (χ4n) is 7.97. The van der Waals surface area contributed by atoms with Crippen LogP contribution in [0.2, 0.25) is 0 Å². The third-order valence-corrected chi connectivity index (χ3v) is 12.0. The minimum Gasteiger partial charge on any atom is -0.462 e. The summed E-state index contributed by atoms with van der Waals surface area (Å²) < 4.78 is 16.8. The van der Waals surface area contributed by atoms with Crippen LogP contribution in [-0.2, 0) is 28.6 Å². The first-order valence-electron chi connectivity index (χ1n) is 26.7. The summed E-state index contributed by atoms with van der Waals surface area (Å²) >= 11 is 0. The Morgan fingerprint density at radius 3 is 0.833 bits per heavy atom. The first-order chi connectivity index (χ1) is 29.5. The molecule has 0 aromatic heterocycles. The Bertz CT molecular complexity index is 931. The Labute approximate surface area is 373 Å². The zero-order valence-electron chi connectivity index (χ0n) is 40.5. The Balaban J connectivity index is 4.20. The van der Waals surface area contributed by atoms with E-state index in [0.29, 0.717) is 19.3 Å². The fourth-order valence-corrected chi connectivity index (χ4v) is 7.97. The first kappa shape index (κ1) is 58.1. The molecular weight excluding hydrogens is 745 g/mol. The van der Waals surface area contributed by atoms with Crippen molar-refractivity contribution in [1.82, 2.24) is 0 Å². The van der Waals surface area contributed by atoms with Crippen LogP contribution in [0.25, 0.3) is 0 Å².